The van der Waals surface area contributed by atoms with E-state index < -0.39 is 0 Å². The van der Waals surface area contributed by atoms with Crippen LogP contribution in [0.15, 0.2) is 54.6 Å². The fourth-order valence-corrected chi connectivity index (χ4v) is 4.96. The summed E-state index contributed by atoms with van der Waals surface area (Å²) in [6.07, 6.45) is 6.46. The Morgan fingerprint density at radius 2 is 1.59 bits per heavy atom. The van der Waals surface area contributed by atoms with Crippen LogP contribution in [-0.2, 0) is 13.0 Å². The van der Waals surface area contributed by atoms with Crippen LogP contribution in [0.4, 0.5) is 0 Å². The molecule has 3 heterocycles. The molecule has 0 bridgehead atoms. The van der Waals surface area contributed by atoms with Crippen molar-refractivity contribution in [2.24, 2.45) is 0 Å². The van der Waals surface area contributed by atoms with Gasteiger partial charge < -0.3 is 9.47 Å². The summed E-state index contributed by atoms with van der Waals surface area (Å²) in [5, 5.41) is 8.99. The Kier molecular flexibility index (Phi) is 5.84. The highest BCUT2D eigenvalue weighted by Crippen LogP contribution is 2.29. The number of nitrogens with zero attached hydrogens (tertiary/aromatic N) is 4. The maximum absolute atomic E-state index is 13.5. The number of aryl methyl sites for hydroxylation is 1. The highest BCUT2D eigenvalue weighted by Gasteiger charge is 2.31. The zero-order valence-electron chi connectivity index (χ0n) is 18.2. The molecular formula is C26H28N4O2. The normalized spacial score (nSPS) is 18.6. The lowest BCUT2D eigenvalue weighted by molar-refractivity contribution is 0.0699. The van der Waals surface area contributed by atoms with Crippen molar-refractivity contribution in [2.45, 2.75) is 51.0 Å². The van der Waals surface area contributed by atoms with Gasteiger partial charge in [0, 0.05) is 43.1 Å². The molecule has 2 aliphatic rings. The second-order valence-corrected chi connectivity index (χ2v) is 8.77. The first-order chi connectivity index (χ1) is 15.7. The molecule has 0 aliphatic carbocycles. The van der Waals surface area contributed by atoms with Crippen LogP contribution in [0, 0.1) is 0 Å². The predicted molar refractivity (Wildman–Crippen MR) is 122 cm³/mol. The predicted octanol–water partition coefficient (Wildman–Crippen LogP) is 4.26. The van der Waals surface area contributed by atoms with Gasteiger partial charge in [0.1, 0.15) is 11.6 Å². The second-order valence-electron chi connectivity index (χ2n) is 8.77. The average Bonchev–Trinajstić information content (AvgIpc) is 3.12. The molecule has 1 atom stereocenters. The van der Waals surface area contributed by atoms with Gasteiger partial charge in [0.2, 0.25) is 0 Å². The summed E-state index contributed by atoms with van der Waals surface area (Å²) in [5.74, 6) is 2.09. The van der Waals surface area contributed by atoms with Crippen molar-refractivity contribution in [2.75, 3.05) is 13.1 Å². The van der Waals surface area contributed by atoms with Crippen molar-refractivity contribution < 1.29 is 9.59 Å². The van der Waals surface area contributed by atoms with E-state index in [1.165, 1.54) is 12.8 Å². The molecule has 32 heavy (non-hydrogen) atoms. The minimum absolute atomic E-state index is 0.0785. The second kappa shape index (κ2) is 9.07. The Morgan fingerprint density at radius 1 is 0.812 bits per heavy atom. The molecular weight excluding hydrogens is 400 g/mol. The summed E-state index contributed by atoms with van der Waals surface area (Å²) in [4.78, 5) is 28.5. The van der Waals surface area contributed by atoms with E-state index in [1.807, 2.05) is 35.2 Å². The van der Waals surface area contributed by atoms with Gasteiger partial charge in [0.15, 0.2) is 5.78 Å². The molecule has 6 nitrogen and oxygen atoms in total. The molecule has 164 valence electrons. The molecule has 1 fully saturated rings. The minimum Gasteiger partial charge on any atom is -0.338 e. The monoisotopic (exact) mass is 428 g/mol. The van der Waals surface area contributed by atoms with Crippen molar-refractivity contribution in [3.8, 4) is 0 Å². The summed E-state index contributed by atoms with van der Waals surface area (Å²) in [6, 6.07) is 16.3. The number of fused-ring (bicyclic) bond motifs is 1. The van der Waals surface area contributed by atoms with Crippen LogP contribution < -0.4 is 0 Å². The van der Waals surface area contributed by atoms with E-state index in [0.717, 1.165) is 43.9 Å². The van der Waals surface area contributed by atoms with Gasteiger partial charge in [-0.1, -0.05) is 55.0 Å². The Bertz CT molecular complexity index is 1120. The fraction of sp³-hybridized carbons (Fsp3) is 0.385. The number of piperidine rings is 1. The molecule has 1 amide bonds. The number of ketones is 1. The topological polar surface area (TPSA) is 68.1 Å². The number of hydrogen-bond acceptors (Lipinski definition) is 4. The summed E-state index contributed by atoms with van der Waals surface area (Å²) in [5.41, 5.74) is 1.53. The van der Waals surface area contributed by atoms with Gasteiger partial charge in [-0.25, -0.2) is 0 Å². The number of hydrogen-bond donors (Lipinski definition) is 0. The highest BCUT2D eigenvalue weighted by atomic mass is 16.2. The lowest BCUT2D eigenvalue weighted by Crippen LogP contribution is -2.40. The van der Waals surface area contributed by atoms with Crippen molar-refractivity contribution in [3.05, 3.63) is 82.9 Å². The summed E-state index contributed by atoms with van der Waals surface area (Å²) >= 11 is 0. The van der Waals surface area contributed by atoms with Crippen molar-refractivity contribution >= 4 is 11.7 Å². The van der Waals surface area contributed by atoms with E-state index in [4.69, 9.17) is 0 Å². The number of carbonyl (C=O) groups excluding carboxylic acids is 2. The van der Waals surface area contributed by atoms with Gasteiger partial charge in [-0.15, -0.1) is 10.2 Å². The molecule has 0 saturated carbocycles. The van der Waals surface area contributed by atoms with Crippen LogP contribution in [0.25, 0.3) is 0 Å². The van der Waals surface area contributed by atoms with Crippen LogP contribution in [0.3, 0.4) is 0 Å². The molecule has 1 aromatic heterocycles. The van der Waals surface area contributed by atoms with Gasteiger partial charge in [-0.3, -0.25) is 9.59 Å². The maximum Gasteiger partial charge on any atom is 0.254 e. The summed E-state index contributed by atoms with van der Waals surface area (Å²) in [7, 11) is 0. The zero-order valence-corrected chi connectivity index (χ0v) is 18.2. The van der Waals surface area contributed by atoms with Gasteiger partial charge in [-0.05, 0) is 31.7 Å². The Labute approximate surface area is 188 Å². The Hall–Kier alpha value is -3.28. The molecule has 0 spiro atoms. The van der Waals surface area contributed by atoms with Gasteiger partial charge in [-0.2, -0.15) is 0 Å². The quantitative estimate of drug-likeness (QED) is 0.583. The van der Waals surface area contributed by atoms with E-state index in [1.54, 1.807) is 24.3 Å². The van der Waals surface area contributed by atoms with Crippen LogP contribution in [0.5, 0.6) is 0 Å². The molecule has 3 aromatic rings. The number of amides is 1. The fourth-order valence-electron chi connectivity index (χ4n) is 4.96. The first-order valence-electron chi connectivity index (χ1n) is 11.6. The molecule has 2 aromatic carbocycles. The number of aromatic nitrogens is 3. The molecule has 0 radical (unpaired) electrons. The van der Waals surface area contributed by atoms with Crippen LogP contribution in [0.1, 0.15) is 76.0 Å². The Balaban J connectivity index is 1.39. The van der Waals surface area contributed by atoms with Gasteiger partial charge in [0.05, 0.1) is 5.56 Å². The Morgan fingerprint density at radius 3 is 2.44 bits per heavy atom. The van der Waals surface area contributed by atoms with E-state index in [0.29, 0.717) is 29.8 Å². The maximum atomic E-state index is 13.5. The van der Waals surface area contributed by atoms with E-state index >= 15 is 0 Å². The van der Waals surface area contributed by atoms with Crippen molar-refractivity contribution in [1.29, 1.82) is 0 Å². The summed E-state index contributed by atoms with van der Waals surface area (Å²) in [6.45, 7) is 2.28. The number of carbonyl (C=O) groups is 2. The van der Waals surface area contributed by atoms with Gasteiger partial charge in [0.25, 0.3) is 5.91 Å². The van der Waals surface area contributed by atoms with Crippen LogP contribution in [0.2, 0.25) is 0 Å². The number of rotatable bonds is 4. The third kappa shape index (κ3) is 3.97. The van der Waals surface area contributed by atoms with Crippen LogP contribution in [-0.4, -0.2) is 44.4 Å². The van der Waals surface area contributed by atoms with E-state index in [-0.39, 0.29) is 17.6 Å². The zero-order chi connectivity index (χ0) is 21.9. The highest BCUT2D eigenvalue weighted by molar-refractivity contribution is 6.15. The SMILES string of the molecule is O=C(c1ccccc1)c1ccccc1C(=O)N1CCCC(c2nnc3n2CCCCC3)C1. The minimum atomic E-state index is -0.120. The molecule has 5 rings (SSSR count). The first kappa shape index (κ1) is 20.6. The summed E-state index contributed by atoms with van der Waals surface area (Å²) < 4.78 is 2.29. The van der Waals surface area contributed by atoms with E-state index in [2.05, 4.69) is 14.8 Å². The van der Waals surface area contributed by atoms with E-state index in [9.17, 15) is 9.59 Å². The van der Waals surface area contributed by atoms with Crippen molar-refractivity contribution in [1.82, 2.24) is 19.7 Å². The standard InChI is InChI=1S/C26H28N4O2/c31-24(19-10-3-1-4-11-19)21-13-6-7-14-22(21)26(32)29-16-9-12-20(18-29)25-28-27-23-15-5-2-8-17-30(23)25/h1,3-4,6-7,10-11,13-14,20H,2,5,8-9,12,15-18H2. The molecule has 1 saturated heterocycles. The number of benzene rings is 2. The van der Waals surface area contributed by atoms with Crippen LogP contribution >= 0.6 is 0 Å². The molecule has 0 N–H and O–H groups in total. The third-order valence-corrected chi connectivity index (χ3v) is 6.65. The third-order valence-electron chi connectivity index (χ3n) is 6.65. The van der Waals surface area contributed by atoms with Crippen molar-refractivity contribution in [3.63, 3.8) is 0 Å². The molecule has 6 heteroatoms. The largest absolute Gasteiger partial charge is 0.338 e. The average molecular weight is 429 g/mol. The smallest absolute Gasteiger partial charge is 0.254 e. The van der Waals surface area contributed by atoms with Gasteiger partial charge >= 0.3 is 0 Å². The molecule has 2 aliphatic heterocycles. The molecule has 1 unspecified atom stereocenters. The first-order valence-corrected chi connectivity index (χ1v) is 11.6. The number of likely N-dealkylation sites (tertiary alicyclic amines) is 1. The lowest BCUT2D eigenvalue weighted by Gasteiger charge is -2.33. The lowest BCUT2D eigenvalue weighted by atomic mass is 9.94.